The maximum Gasteiger partial charge on any atom is 0.334 e. The molecule has 0 fully saturated rings. The summed E-state index contributed by atoms with van der Waals surface area (Å²) in [6, 6.07) is 0. The highest BCUT2D eigenvalue weighted by atomic mass is 16.5. The SMILES string of the molecule is CCCOC(=O)C1=CC=CC(C)(C(=O)OCC)C1. The van der Waals surface area contributed by atoms with E-state index in [1.807, 2.05) is 6.92 Å². The summed E-state index contributed by atoms with van der Waals surface area (Å²) in [4.78, 5) is 23.6. The zero-order chi connectivity index (χ0) is 13.6. The lowest BCUT2D eigenvalue weighted by Crippen LogP contribution is -2.31. The van der Waals surface area contributed by atoms with Crippen LogP contribution in [-0.2, 0) is 19.1 Å². The summed E-state index contributed by atoms with van der Waals surface area (Å²) in [5.41, 5.74) is -0.257. The number of carbonyl (C=O) groups excluding carboxylic acids is 2. The Labute approximate surface area is 108 Å². The molecule has 0 radical (unpaired) electrons. The van der Waals surface area contributed by atoms with Crippen molar-refractivity contribution in [2.75, 3.05) is 13.2 Å². The van der Waals surface area contributed by atoms with Crippen molar-refractivity contribution in [1.29, 1.82) is 0 Å². The lowest BCUT2D eigenvalue weighted by atomic mass is 9.80. The Morgan fingerprint density at radius 3 is 2.67 bits per heavy atom. The van der Waals surface area contributed by atoms with Crippen molar-refractivity contribution < 1.29 is 19.1 Å². The van der Waals surface area contributed by atoms with Crippen molar-refractivity contribution in [3.05, 3.63) is 23.8 Å². The van der Waals surface area contributed by atoms with Gasteiger partial charge in [-0.1, -0.05) is 25.2 Å². The molecule has 0 aliphatic heterocycles. The highest BCUT2D eigenvalue weighted by molar-refractivity contribution is 5.91. The van der Waals surface area contributed by atoms with E-state index >= 15 is 0 Å². The Bertz CT molecular complexity index is 381. The van der Waals surface area contributed by atoms with E-state index in [1.165, 1.54) is 0 Å². The van der Waals surface area contributed by atoms with Crippen LogP contribution in [0.5, 0.6) is 0 Å². The number of allylic oxidation sites excluding steroid dienone is 2. The lowest BCUT2D eigenvalue weighted by molar-refractivity contribution is -0.151. The highest BCUT2D eigenvalue weighted by Gasteiger charge is 2.36. The van der Waals surface area contributed by atoms with E-state index in [2.05, 4.69) is 0 Å². The quantitative estimate of drug-likeness (QED) is 0.705. The van der Waals surface area contributed by atoms with E-state index in [-0.39, 0.29) is 11.9 Å². The van der Waals surface area contributed by atoms with Crippen LogP contribution in [0.25, 0.3) is 0 Å². The summed E-state index contributed by atoms with van der Waals surface area (Å²) in [7, 11) is 0. The average Bonchev–Trinajstić information content (AvgIpc) is 2.36. The molecule has 1 aliphatic rings. The maximum absolute atomic E-state index is 11.8. The Morgan fingerprint density at radius 1 is 1.33 bits per heavy atom. The molecule has 0 bridgehead atoms. The fourth-order valence-corrected chi connectivity index (χ4v) is 1.75. The smallest absolute Gasteiger partial charge is 0.334 e. The van der Waals surface area contributed by atoms with Gasteiger partial charge >= 0.3 is 11.9 Å². The van der Waals surface area contributed by atoms with Crippen LogP contribution in [0.15, 0.2) is 23.8 Å². The molecular formula is C14H20O4. The van der Waals surface area contributed by atoms with Gasteiger partial charge in [0.05, 0.1) is 18.6 Å². The van der Waals surface area contributed by atoms with Crippen LogP contribution in [0.4, 0.5) is 0 Å². The van der Waals surface area contributed by atoms with Gasteiger partial charge in [-0.05, 0) is 26.7 Å². The molecule has 0 amide bonds. The van der Waals surface area contributed by atoms with Crippen molar-refractivity contribution >= 4 is 11.9 Å². The first kappa shape index (κ1) is 14.5. The zero-order valence-electron chi connectivity index (χ0n) is 11.2. The summed E-state index contributed by atoms with van der Waals surface area (Å²) >= 11 is 0. The van der Waals surface area contributed by atoms with Crippen LogP contribution in [-0.4, -0.2) is 25.2 Å². The van der Waals surface area contributed by atoms with Crippen molar-refractivity contribution in [2.24, 2.45) is 5.41 Å². The number of esters is 2. The highest BCUT2D eigenvalue weighted by Crippen LogP contribution is 2.33. The first-order valence-corrected chi connectivity index (χ1v) is 6.26. The third kappa shape index (κ3) is 3.45. The summed E-state index contributed by atoms with van der Waals surface area (Å²) in [5, 5.41) is 0. The monoisotopic (exact) mass is 252 g/mol. The summed E-state index contributed by atoms with van der Waals surface area (Å²) in [5.74, 6) is -0.660. The Hall–Kier alpha value is -1.58. The second-order valence-electron chi connectivity index (χ2n) is 4.50. The van der Waals surface area contributed by atoms with E-state index in [1.54, 1.807) is 32.1 Å². The van der Waals surface area contributed by atoms with Crippen LogP contribution in [0.2, 0.25) is 0 Å². The van der Waals surface area contributed by atoms with Crippen LogP contribution >= 0.6 is 0 Å². The van der Waals surface area contributed by atoms with E-state index < -0.39 is 5.41 Å². The summed E-state index contributed by atoms with van der Waals surface area (Å²) in [6.07, 6.45) is 6.28. The Morgan fingerprint density at radius 2 is 2.06 bits per heavy atom. The van der Waals surface area contributed by atoms with E-state index in [0.717, 1.165) is 6.42 Å². The second kappa shape index (κ2) is 6.38. The molecule has 0 saturated heterocycles. The summed E-state index contributed by atoms with van der Waals surface area (Å²) in [6.45, 7) is 6.20. The molecule has 0 saturated carbocycles. The molecule has 0 aromatic rings. The molecule has 4 heteroatoms. The van der Waals surface area contributed by atoms with Gasteiger partial charge in [-0.3, -0.25) is 4.79 Å². The molecule has 100 valence electrons. The maximum atomic E-state index is 11.8. The van der Waals surface area contributed by atoms with Gasteiger partial charge in [0.15, 0.2) is 0 Å². The van der Waals surface area contributed by atoms with Crippen molar-refractivity contribution in [1.82, 2.24) is 0 Å². The second-order valence-corrected chi connectivity index (χ2v) is 4.50. The van der Waals surface area contributed by atoms with Crippen molar-refractivity contribution in [3.63, 3.8) is 0 Å². The third-order valence-electron chi connectivity index (χ3n) is 2.76. The largest absolute Gasteiger partial charge is 0.465 e. The van der Waals surface area contributed by atoms with E-state index in [4.69, 9.17) is 9.47 Å². The fraction of sp³-hybridized carbons (Fsp3) is 0.571. The van der Waals surface area contributed by atoms with Gasteiger partial charge < -0.3 is 9.47 Å². The minimum Gasteiger partial charge on any atom is -0.465 e. The molecular weight excluding hydrogens is 232 g/mol. The molecule has 0 aromatic heterocycles. The number of carbonyl (C=O) groups is 2. The normalized spacial score (nSPS) is 22.3. The number of hydrogen-bond acceptors (Lipinski definition) is 4. The molecule has 1 rings (SSSR count). The molecule has 0 aromatic carbocycles. The molecule has 0 spiro atoms. The zero-order valence-corrected chi connectivity index (χ0v) is 11.2. The first-order chi connectivity index (χ1) is 8.53. The molecule has 18 heavy (non-hydrogen) atoms. The molecule has 4 nitrogen and oxygen atoms in total. The van der Waals surface area contributed by atoms with Crippen LogP contribution in [0.3, 0.4) is 0 Å². The van der Waals surface area contributed by atoms with Gasteiger partial charge in [0, 0.05) is 5.57 Å². The minimum absolute atomic E-state index is 0.310. The van der Waals surface area contributed by atoms with Gasteiger partial charge in [-0.2, -0.15) is 0 Å². The standard InChI is InChI=1S/C14H20O4/c1-4-9-18-12(15)11-7-6-8-14(3,10-11)13(16)17-5-2/h6-8H,4-5,9-10H2,1-3H3. The van der Waals surface area contributed by atoms with Gasteiger partial charge in [0.2, 0.25) is 0 Å². The van der Waals surface area contributed by atoms with Crippen molar-refractivity contribution in [3.8, 4) is 0 Å². The van der Waals surface area contributed by atoms with Crippen LogP contribution in [0.1, 0.15) is 33.6 Å². The Kier molecular flexibility index (Phi) is 5.13. The van der Waals surface area contributed by atoms with E-state index in [0.29, 0.717) is 25.2 Å². The number of ether oxygens (including phenoxy) is 2. The summed E-state index contributed by atoms with van der Waals surface area (Å²) < 4.78 is 10.1. The van der Waals surface area contributed by atoms with Gasteiger partial charge in [-0.15, -0.1) is 0 Å². The number of hydrogen-bond donors (Lipinski definition) is 0. The molecule has 1 aliphatic carbocycles. The third-order valence-corrected chi connectivity index (χ3v) is 2.76. The van der Waals surface area contributed by atoms with Crippen LogP contribution < -0.4 is 0 Å². The minimum atomic E-state index is -0.772. The first-order valence-electron chi connectivity index (χ1n) is 6.26. The Balaban J connectivity index is 2.71. The molecule has 1 atom stereocenters. The molecule has 1 unspecified atom stereocenters. The molecule has 0 N–H and O–H groups in total. The fourth-order valence-electron chi connectivity index (χ4n) is 1.75. The van der Waals surface area contributed by atoms with Gasteiger partial charge in [-0.25, -0.2) is 4.79 Å². The average molecular weight is 252 g/mol. The van der Waals surface area contributed by atoms with Gasteiger partial charge in [0.1, 0.15) is 0 Å². The predicted molar refractivity (Wildman–Crippen MR) is 67.8 cm³/mol. The van der Waals surface area contributed by atoms with Gasteiger partial charge in [0.25, 0.3) is 0 Å². The predicted octanol–water partition coefficient (Wildman–Crippen LogP) is 2.40. The molecule has 0 heterocycles. The van der Waals surface area contributed by atoms with Crippen molar-refractivity contribution in [2.45, 2.75) is 33.6 Å². The number of rotatable bonds is 5. The topological polar surface area (TPSA) is 52.6 Å². The lowest BCUT2D eigenvalue weighted by Gasteiger charge is -2.26. The van der Waals surface area contributed by atoms with Crippen LogP contribution in [0, 0.1) is 5.41 Å². The van der Waals surface area contributed by atoms with E-state index in [9.17, 15) is 9.59 Å².